The van der Waals surface area contributed by atoms with Crippen molar-refractivity contribution in [2.24, 2.45) is 0 Å². The van der Waals surface area contributed by atoms with E-state index in [1.165, 1.54) is 23.3 Å². The monoisotopic (exact) mass is 350 g/mol. The van der Waals surface area contributed by atoms with Crippen LogP contribution in [0.25, 0.3) is 9.88 Å². The van der Waals surface area contributed by atoms with Crippen LogP contribution in [0.2, 0.25) is 0 Å². The Morgan fingerprint density at radius 1 is 1.39 bits per heavy atom. The fraction of sp³-hybridized carbons (Fsp3) is 0.286. The largest absolute Gasteiger partial charge is 0.349 e. The van der Waals surface area contributed by atoms with Gasteiger partial charge in [0.1, 0.15) is 18.1 Å². The minimum Gasteiger partial charge on any atom is -0.349 e. The maximum absolute atomic E-state index is 11.9. The van der Waals surface area contributed by atoms with Crippen molar-refractivity contribution in [1.82, 2.24) is 20.1 Å². The van der Waals surface area contributed by atoms with Crippen LogP contribution in [0.1, 0.15) is 5.69 Å². The highest BCUT2D eigenvalue weighted by molar-refractivity contribution is 7.20. The van der Waals surface area contributed by atoms with E-state index in [1.54, 1.807) is 11.3 Å². The van der Waals surface area contributed by atoms with Gasteiger partial charge in [-0.25, -0.2) is 9.78 Å². The number of imide groups is 1. The lowest BCUT2D eigenvalue weighted by Crippen LogP contribution is -2.40. The van der Waals surface area contributed by atoms with Crippen LogP contribution in [0.5, 0.6) is 0 Å². The quantitative estimate of drug-likeness (QED) is 0.826. The molecular formula is C14H14N4O3S2. The van der Waals surface area contributed by atoms with Crippen LogP contribution in [0.15, 0.2) is 22.9 Å². The van der Waals surface area contributed by atoms with Crippen molar-refractivity contribution in [3.8, 4) is 9.88 Å². The predicted molar refractivity (Wildman–Crippen MR) is 87.0 cm³/mol. The van der Waals surface area contributed by atoms with Crippen molar-refractivity contribution in [3.05, 3.63) is 28.6 Å². The van der Waals surface area contributed by atoms with Gasteiger partial charge in [0.2, 0.25) is 5.91 Å². The molecule has 0 bridgehead atoms. The number of nitrogens with zero attached hydrogens (tertiary/aromatic N) is 3. The van der Waals surface area contributed by atoms with Gasteiger partial charge in [0, 0.05) is 12.4 Å². The van der Waals surface area contributed by atoms with E-state index in [1.807, 2.05) is 22.9 Å². The summed E-state index contributed by atoms with van der Waals surface area (Å²) in [6, 6.07) is 3.51. The van der Waals surface area contributed by atoms with E-state index in [4.69, 9.17) is 0 Å². The first-order valence-corrected chi connectivity index (χ1v) is 8.61. The molecule has 1 fully saturated rings. The van der Waals surface area contributed by atoms with Crippen LogP contribution < -0.4 is 5.32 Å². The lowest BCUT2D eigenvalue weighted by Gasteiger charge is -2.13. The SMILES string of the molecule is CN1CC(=O)N(CC(=O)NCc2csc(-c3cccs3)n2)C1=O. The number of rotatable bonds is 5. The maximum atomic E-state index is 11.9. The molecule has 1 aliphatic rings. The summed E-state index contributed by atoms with van der Waals surface area (Å²) >= 11 is 3.13. The van der Waals surface area contributed by atoms with E-state index < -0.39 is 6.03 Å². The van der Waals surface area contributed by atoms with Crippen molar-refractivity contribution >= 4 is 40.5 Å². The molecule has 0 spiro atoms. The van der Waals surface area contributed by atoms with Crippen LogP contribution in [-0.2, 0) is 16.1 Å². The van der Waals surface area contributed by atoms with Crippen LogP contribution >= 0.6 is 22.7 Å². The molecule has 0 aliphatic carbocycles. The number of likely N-dealkylation sites (N-methyl/N-ethyl adjacent to an activating group) is 1. The number of carbonyl (C=O) groups excluding carboxylic acids is 3. The molecule has 0 radical (unpaired) electrons. The van der Waals surface area contributed by atoms with Gasteiger partial charge >= 0.3 is 6.03 Å². The second-order valence-corrected chi connectivity index (χ2v) is 6.82. The van der Waals surface area contributed by atoms with E-state index in [-0.39, 0.29) is 31.4 Å². The number of thiazole rings is 1. The van der Waals surface area contributed by atoms with Crippen molar-refractivity contribution in [3.63, 3.8) is 0 Å². The zero-order valence-electron chi connectivity index (χ0n) is 12.3. The average molecular weight is 350 g/mol. The number of thiophene rings is 1. The van der Waals surface area contributed by atoms with Crippen molar-refractivity contribution < 1.29 is 14.4 Å². The molecule has 3 rings (SSSR count). The molecule has 1 saturated heterocycles. The molecule has 0 saturated carbocycles. The van der Waals surface area contributed by atoms with Gasteiger partial charge in [0.15, 0.2) is 0 Å². The number of aromatic nitrogens is 1. The Bertz CT molecular complexity index is 741. The van der Waals surface area contributed by atoms with Crippen molar-refractivity contribution in [1.29, 1.82) is 0 Å². The molecule has 120 valence electrons. The Hall–Kier alpha value is -2.26. The molecule has 0 aromatic carbocycles. The zero-order chi connectivity index (χ0) is 16.4. The summed E-state index contributed by atoms with van der Waals surface area (Å²) in [6.45, 7) is 0.0269. The Kier molecular flexibility index (Phi) is 4.39. The lowest BCUT2D eigenvalue weighted by atomic mass is 10.4. The number of hydrogen-bond acceptors (Lipinski definition) is 6. The summed E-state index contributed by atoms with van der Waals surface area (Å²) < 4.78 is 0. The van der Waals surface area contributed by atoms with E-state index in [0.717, 1.165) is 20.5 Å². The van der Waals surface area contributed by atoms with Gasteiger partial charge in [-0.05, 0) is 11.4 Å². The van der Waals surface area contributed by atoms with Gasteiger partial charge in [-0.15, -0.1) is 22.7 Å². The van der Waals surface area contributed by atoms with Gasteiger partial charge in [-0.2, -0.15) is 0 Å². The molecule has 0 unspecified atom stereocenters. The second-order valence-electron chi connectivity index (χ2n) is 5.02. The summed E-state index contributed by atoms with van der Waals surface area (Å²) in [5, 5.41) is 7.47. The van der Waals surface area contributed by atoms with E-state index >= 15 is 0 Å². The first-order valence-electron chi connectivity index (χ1n) is 6.85. The summed E-state index contributed by atoms with van der Waals surface area (Å²) in [5.41, 5.74) is 0.753. The van der Waals surface area contributed by atoms with Gasteiger partial charge in [-0.3, -0.25) is 14.5 Å². The molecule has 4 amide bonds. The molecule has 9 heteroatoms. The van der Waals surface area contributed by atoms with Crippen molar-refractivity contribution in [2.75, 3.05) is 20.1 Å². The Morgan fingerprint density at radius 3 is 2.87 bits per heavy atom. The van der Waals surface area contributed by atoms with Crippen LogP contribution in [0.3, 0.4) is 0 Å². The van der Waals surface area contributed by atoms with E-state index in [2.05, 4.69) is 10.3 Å². The fourth-order valence-electron chi connectivity index (χ4n) is 2.11. The number of amides is 4. The smallest absolute Gasteiger partial charge is 0.327 e. The molecule has 2 aromatic rings. The van der Waals surface area contributed by atoms with Crippen molar-refractivity contribution in [2.45, 2.75) is 6.54 Å². The summed E-state index contributed by atoms with van der Waals surface area (Å²) in [6.07, 6.45) is 0. The van der Waals surface area contributed by atoms with Crippen LogP contribution in [0.4, 0.5) is 4.79 Å². The highest BCUT2D eigenvalue weighted by atomic mass is 32.1. The summed E-state index contributed by atoms with van der Waals surface area (Å²) in [5.74, 6) is -0.742. The van der Waals surface area contributed by atoms with Gasteiger partial charge in [-0.1, -0.05) is 6.07 Å². The Balaban J connectivity index is 1.53. The third kappa shape index (κ3) is 3.40. The standard InChI is InChI=1S/C14H14N4O3S2/c1-17-7-12(20)18(14(17)21)6-11(19)15-5-9-8-23-13(16-9)10-3-2-4-22-10/h2-4,8H,5-7H2,1H3,(H,15,19). The second kappa shape index (κ2) is 6.47. The molecule has 2 aromatic heterocycles. The normalized spacial score (nSPS) is 14.7. The third-order valence-corrected chi connectivity index (χ3v) is 5.21. The summed E-state index contributed by atoms with van der Waals surface area (Å²) in [4.78, 5) is 43.0. The van der Waals surface area contributed by atoms with E-state index in [0.29, 0.717) is 0 Å². The average Bonchev–Trinajstić information content (AvgIpc) is 3.23. The highest BCUT2D eigenvalue weighted by Gasteiger charge is 2.34. The van der Waals surface area contributed by atoms with Crippen LogP contribution in [-0.4, -0.2) is 52.8 Å². The molecular weight excluding hydrogens is 336 g/mol. The highest BCUT2D eigenvalue weighted by Crippen LogP contribution is 2.27. The van der Waals surface area contributed by atoms with Gasteiger partial charge in [0.25, 0.3) is 5.91 Å². The fourth-order valence-corrected chi connectivity index (χ4v) is 3.75. The number of nitrogens with one attached hydrogen (secondary N) is 1. The predicted octanol–water partition coefficient (Wildman–Crippen LogP) is 1.38. The molecule has 1 aliphatic heterocycles. The van der Waals surface area contributed by atoms with Crippen LogP contribution in [0, 0.1) is 0 Å². The number of hydrogen-bond donors (Lipinski definition) is 1. The zero-order valence-corrected chi connectivity index (χ0v) is 13.9. The summed E-state index contributed by atoms with van der Waals surface area (Å²) in [7, 11) is 1.53. The molecule has 0 atom stereocenters. The first-order chi connectivity index (χ1) is 11.0. The molecule has 1 N–H and O–H groups in total. The molecule has 3 heterocycles. The minimum absolute atomic E-state index is 0.0162. The third-order valence-electron chi connectivity index (χ3n) is 3.28. The first kappa shape index (κ1) is 15.6. The van der Waals surface area contributed by atoms with Gasteiger partial charge in [0.05, 0.1) is 17.1 Å². The van der Waals surface area contributed by atoms with Gasteiger partial charge < -0.3 is 10.2 Å². The topological polar surface area (TPSA) is 82.6 Å². The molecule has 23 heavy (non-hydrogen) atoms. The molecule has 7 nitrogen and oxygen atoms in total. The van der Waals surface area contributed by atoms with E-state index in [9.17, 15) is 14.4 Å². The minimum atomic E-state index is -0.446. The number of carbonyl (C=O) groups is 3. The Morgan fingerprint density at radius 2 is 2.22 bits per heavy atom. The number of urea groups is 1. The lowest BCUT2D eigenvalue weighted by molar-refractivity contribution is -0.130. The maximum Gasteiger partial charge on any atom is 0.327 e. The Labute approximate surface area is 140 Å².